The molecule has 0 spiro atoms. The number of nitrogens with zero attached hydrogens (tertiary/aromatic N) is 1. The number of pyridine rings is 1. The Bertz CT molecular complexity index is 687. The summed E-state index contributed by atoms with van der Waals surface area (Å²) in [5.41, 5.74) is 3.67. The standard InChI is InChI=1S/C16H21ClN2O/c1-5-19(6-2)9-13-11(4)18-15-10(3)14(17)8-7-12(15)16(13)20/h7-8H,5-6,9H2,1-4H3,(H,18,20). The number of aromatic nitrogens is 1. The van der Waals surface area contributed by atoms with Gasteiger partial charge in [-0.3, -0.25) is 9.69 Å². The first-order chi connectivity index (χ1) is 9.49. The molecule has 0 unspecified atom stereocenters. The molecule has 20 heavy (non-hydrogen) atoms. The van der Waals surface area contributed by atoms with E-state index >= 15 is 0 Å². The van der Waals surface area contributed by atoms with Crippen LogP contribution in [0.1, 0.15) is 30.7 Å². The molecule has 0 saturated heterocycles. The Morgan fingerprint density at radius 1 is 1.20 bits per heavy atom. The van der Waals surface area contributed by atoms with Crippen LogP contribution in [0.25, 0.3) is 10.9 Å². The van der Waals surface area contributed by atoms with Crippen LogP contribution in [0.4, 0.5) is 0 Å². The third kappa shape index (κ3) is 2.60. The lowest BCUT2D eigenvalue weighted by Crippen LogP contribution is -2.27. The summed E-state index contributed by atoms with van der Waals surface area (Å²) in [5, 5.41) is 1.41. The zero-order chi connectivity index (χ0) is 14.9. The van der Waals surface area contributed by atoms with Gasteiger partial charge in [0, 0.05) is 28.2 Å². The smallest absolute Gasteiger partial charge is 0.194 e. The number of fused-ring (bicyclic) bond motifs is 1. The highest BCUT2D eigenvalue weighted by Gasteiger charge is 2.13. The molecule has 1 heterocycles. The van der Waals surface area contributed by atoms with E-state index < -0.39 is 0 Å². The minimum Gasteiger partial charge on any atom is -0.358 e. The van der Waals surface area contributed by atoms with E-state index in [1.165, 1.54) is 0 Å². The fourth-order valence-corrected chi connectivity index (χ4v) is 2.65. The number of hydrogen-bond acceptors (Lipinski definition) is 2. The van der Waals surface area contributed by atoms with E-state index in [1.54, 1.807) is 6.07 Å². The zero-order valence-electron chi connectivity index (χ0n) is 12.5. The number of benzene rings is 1. The molecule has 2 rings (SSSR count). The van der Waals surface area contributed by atoms with Crippen LogP contribution >= 0.6 is 11.6 Å². The molecule has 0 saturated carbocycles. The number of nitrogens with one attached hydrogen (secondary N) is 1. The van der Waals surface area contributed by atoms with Crippen LogP contribution in [0.2, 0.25) is 5.02 Å². The van der Waals surface area contributed by atoms with Gasteiger partial charge in [0.1, 0.15) is 0 Å². The molecule has 108 valence electrons. The fourth-order valence-electron chi connectivity index (χ4n) is 2.49. The number of rotatable bonds is 4. The Morgan fingerprint density at radius 2 is 1.85 bits per heavy atom. The third-order valence-electron chi connectivity index (χ3n) is 3.96. The van der Waals surface area contributed by atoms with E-state index in [2.05, 4.69) is 23.7 Å². The molecule has 0 aliphatic carbocycles. The molecule has 0 aliphatic heterocycles. The second-order valence-corrected chi connectivity index (χ2v) is 5.52. The van der Waals surface area contributed by atoms with Gasteiger partial charge in [-0.2, -0.15) is 0 Å². The first-order valence-corrected chi connectivity index (χ1v) is 7.40. The summed E-state index contributed by atoms with van der Waals surface area (Å²) in [5.74, 6) is 0. The van der Waals surface area contributed by atoms with E-state index in [9.17, 15) is 4.79 Å². The van der Waals surface area contributed by atoms with Gasteiger partial charge in [0.15, 0.2) is 5.43 Å². The van der Waals surface area contributed by atoms with Crippen LogP contribution in [0, 0.1) is 13.8 Å². The maximum absolute atomic E-state index is 12.7. The van der Waals surface area contributed by atoms with Gasteiger partial charge in [-0.15, -0.1) is 0 Å². The summed E-state index contributed by atoms with van der Waals surface area (Å²) >= 11 is 6.13. The Balaban J connectivity index is 2.64. The molecule has 1 aromatic heterocycles. The molecule has 0 amide bonds. The molecule has 0 atom stereocenters. The highest BCUT2D eigenvalue weighted by molar-refractivity contribution is 6.32. The zero-order valence-corrected chi connectivity index (χ0v) is 13.3. The average Bonchev–Trinajstić information content (AvgIpc) is 2.44. The SMILES string of the molecule is CCN(CC)Cc1c(C)[nH]c2c(C)c(Cl)ccc2c1=O. The first kappa shape index (κ1) is 15.1. The summed E-state index contributed by atoms with van der Waals surface area (Å²) in [7, 11) is 0. The second-order valence-electron chi connectivity index (χ2n) is 5.11. The molecule has 1 aromatic carbocycles. The van der Waals surface area contributed by atoms with Crippen LogP contribution in [-0.4, -0.2) is 23.0 Å². The van der Waals surface area contributed by atoms with Crippen molar-refractivity contribution >= 4 is 22.5 Å². The van der Waals surface area contributed by atoms with Crippen molar-refractivity contribution in [3.8, 4) is 0 Å². The topological polar surface area (TPSA) is 36.1 Å². The van der Waals surface area contributed by atoms with Crippen molar-refractivity contribution in [2.75, 3.05) is 13.1 Å². The maximum atomic E-state index is 12.7. The summed E-state index contributed by atoms with van der Waals surface area (Å²) in [6.45, 7) is 10.7. The average molecular weight is 293 g/mol. The minimum atomic E-state index is 0.114. The monoisotopic (exact) mass is 292 g/mol. The highest BCUT2D eigenvalue weighted by atomic mass is 35.5. The Hall–Kier alpha value is -1.32. The fraction of sp³-hybridized carbons (Fsp3) is 0.438. The maximum Gasteiger partial charge on any atom is 0.194 e. The molecule has 0 bridgehead atoms. The van der Waals surface area contributed by atoms with E-state index in [1.807, 2.05) is 19.9 Å². The van der Waals surface area contributed by atoms with Crippen LogP contribution in [-0.2, 0) is 6.54 Å². The number of aryl methyl sites for hydroxylation is 2. The summed E-state index contributed by atoms with van der Waals surface area (Å²) in [4.78, 5) is 18.3. The van der Waals surface area contributed by atoms with Crippen LogP contribution < -0.4 is 5.43 Å². The van der Waals surface area contributed by atoms with E-state index in [-0.39, 0.29) is 5.43 Å². The lowest BCUT2D eigenvalue weighted by molar-refractivity contribution is 0.294. The predicted molar refractivity (Wildman–Crippen MR) is 85.7 cm³/mol. The Kier molecular flexibility index (Phi) is 4.51. The molecule has 2 aromatic rings. The van der Waals surface area contributed by atoms with Gasteiger partial charge in [0.2, 0.25) is 0 Å². The van der Waals surface area contributed by atoms with Gasteiger partial charge < -0.3 is 4.98 Å². The van der Waals surface area contributed by atoms with Crippen molar-refractivity contribution in [1.29, 1.82) is 0 Å². The van der Waals surface area contributed by atoms with Gasteiger partial charge in [0.05, 0.1) is 5.52 Å². The molecular weight excluding hydrogens is 272 g/mol. The second kappa shape index (κ2) is 5.98. The molecule has 0 radical (unpaired) electrons. The molecule has 0 fully saturated rings. The van der Waals surface area contributed by atoms with Crippen molar-refractivity contribution in [1.82, 2.24) is 9.88 Å². The van der Waals surface area contributed by atoms with Crippen molar-refractivity contribution < 1.29 is 0 Å². The van der Waals surface area contributed by atoms with Crippen molar-refractivity contribution in [3.63, 3.8) is 0 Å². The van der Waals surface area contributed by atoms with Crippen LogP contribution in [0.5, 0.6) is 0 Å². The van der Waals surface area contributed by atoms with E-state index in [4.69, 9.17) is 11.6 Å². The van der Waals surface area contributed by atoms with E-state index in [0.29, 0.717) is 11.6 Å². The first-order valence-electron chi connectivity index (χ1n) is 7.02. The number of H-pyrrole nitrogens is 1. The van der Waals surface area contributed by atoms with Gasteiger partial charge in [0.25, 0.3) is 0 Å². The molecule has 1 N–H and O–H groups in total. The summed E-state index contributed by atoms with van der Waals surface area (Å²) < 4.78 is 0. The Morgan fingerprint density at radius 3 is 2.45 bits per heavy atom. The number of hydrogen-bond donors (Lipinski definition) is 1. The van der Waals surface area contributed by atoms with Crippen LogP contribution in [0.3, 0.4) is 0 Å². The minimum absolute atomic E-state index is 0.114. The normalized spacial score (nSPS) is 11.5. The van der Waals surface area contributed by atoms with Crippen LogP contribution in [0.15, 0.2) is 16.9 Å². The molecule has 3 nitrogen and oxygen atoms in total. The van der Waals surface area contributed by atoms with Crippen molar-refractivity contribution in [3.05, 3.63) is 44.2 Å². The van der Waals surface area contributed by atoms with Gasteiger partial charge >= 0.3 is 0 Å². The van der Waals surface area contributed by atoms with Crippen molar-refractivity contribution in [2.24, 2.45) is 0 Å². The number of halogens is 1. The molecule has 4 heteroatoms. The number of aromatic amines is 1. The van der Waals surface area contributed by atoms with E-state index in [0.717, 1.165) is 40.8 Å². The Labute approximate surface area is 124 Å². The largest absolute Gasteiger partial charge is 0.358 e. The van der Waals surface area contributed by atoms with Crippen molar-refractivity contribution in [2.45, 2.75) is 34.2 Å². The van der Waals surface area contributed by atoms with Gasteiger partial charge in [-0.05, 0) is 44.6 Å². The quantitative estimate of drug-likeness (QED) is 0.934. The molecule has 0 aliphatic rings. The third-order valence-corrected chi connectivity index (χ3v) is 4.37. The van der Waals surface area contributed by atoms with Gasteiger partial charge in [-0.1, -0.05) is 25.4 Å². The summed E-state index contributed by atoms with van der Waals surface area (Å²) in [6.07, 6.45) is 0. The highest BCUT2D eigenvalue weighted by Crippen LogP contribution is 2.23. The molecular formula is C16H21ClN2O. The van der Waals surface area contributed by atoms with Gasteiger partial charge in [-0.25, -0.2) is 0 Å². The lowest BCUT2D eigenvalue weighted by atomic mass is 10.1. The summed E-state index contributed by atoms with van der Waals surface area (Å²) in [6, 6.07) is 3.61. The predicted octanol–water partition coefficient (Wildman–Crippen LogP) is 3.64. The lowest BCUT2D eigenvalue weighted by Gasteiger charge is -2.19.